The first-order valence-corrected chi connectivity index (χ1v) is 19.5. The third kappa shape index (κ3) is 21.8. The number of unbranched alkanes of at least 4 members (excludes halogenated alkanes) is 7. The molecule has 12 nitrogen and oxygen atoms in total. The highest BCUT2D eigenvalue weighted by Crippen LogP contribution is 2.44. The fourth-order valence-corrected chi connectivity index (χ4v) is 6.14. The van der Waals surface area contributed by atoms with Crippen LogP contribution in [0, 0.1) is 0 Å². The maximum Gasteiger partial charge on any atom is 0.362 e. The van der Waals surface area contributed by atoms with Crippen molar-refractivity contribution in [3.63, 3.8) is 0 Å². The van der Waals surface area contributed by atoms with Crippen molar-refractivity contribution in [2.75, 3.05) is 112 Å². The standard InChI is InChI=1S/C35H63O12P/c1-3-5-6-7-8-9-10-11-12-32-13-14-34(35(29-32)48(36,37)47-4-2)46-31-33-30-44-26-25-42-22-21-40-18-17-38-15-16-39-19-20-41-23-24-43-27-28-45-33/h13-14,29,33H,3-12,15-28,30-31H2,1-2H3,(H,36,37). The lowest BCUT2D eigenvalue weighted by Gasteiger charge is -2.21. The number of hydrogen-bond donors (Lipinski definition) is 1. The van der Waals surface area contributed by atoms with E-state index in [4.69, 9.17) is 47.2 Å². The highest BCUT2D eigenvalue weighted by molar-refractivity contribution is 7.61. The lowest BCUT2D eigenvalue weighted by molar-refractivity contribution is -0.0690. The van der Waals surface area contributed by atoms with Gasteiger partial charge in [0, 0.05) is 0 Å². The van der Waals surface area contributed by atoms with Crippen molar-refractivity contribution in [2.24, 2.45) is 0 Å². The van der Waals surface area contributed by atoms with Crippen LogP contribution in [0.15, 0.2) is 18.2 Å². The number of aryl methyl sites for hydroxylation is 1. The number of hydrogen-bond acceptors (Lipinski definition) is 11. The molecular formula is C35H63O12P. The van der Waals surface area contributed by atoms with Gasteiger partial charge in [-0.3, -0.25) is 4.57 Å². The van der Waals surface area contributed by atoms with Crippen molar-refractivity contribution < 1.29 is 56.6 Å². The van der Waals surface area contributed by atoms with Gasteiger partial charge in [-0.05, 0) is 37.5 Å². The lowest BCUT2D eigenvalue weighted by atomic mass is 10.0. The summed E-state index contributed by atoms with van der Waals surface area (Å²) in [6.45, 7) is 10.6. The molecule has 1 N–H and O–H groups in total. The summed E-state index contributed by atoms with van der Waals surface area (Å²) in [5.74, 6) is 0.299. The summed E-state index contributed by atoms with van der Waals surface area (Å²) in [6.07, 6.45) is 10.2. The third-order valence-corrected chi connectivity index (χ3v) is 9.06. The monoisotopic (exact) mass is 706 g/mol. The molecule has 2 unspecified atom stereocenters. The highest BCUT2D eigenvalue weighted by atomic mass is 31.2. The van der Waals surface area contributed by atoms with E-state index in [0.717, 1.165) is 24.8 Å². The first kappa shape index (κ1) is 43.0. The molecule has 1 aliphatic heterocycles. The summed E-state index contributed by atoms with van der Waals surface area (Å²) in [6, 6.07) is 5.47. The van der Waals surface area contributed by atoms with Gasteiger partial charge < -0.3 is 52.0 Å². The Labute approximate surface area is 288 Å². The minimum atomic E-state index is -4.09. The Bertz CT molecular complexity index is 913. The third-order valence-electron chi connectivity index (χ3n) is 7.49. The fourth-order valence-electron chi connectivity index (χ4n) is 4.90. The normalized spacial score (nSPS) is 20.8. The van der Waals surface area contributed by atoms with E-state index in [1.165, 1.54) is 38.5 Å². The van der Waals surface area contributed by atoms with Crippen LogP contribution in [0.4, 0.5) is 0 Å². The molecule has 1 aromatic carbocycles. The van der Waals surface area contributed by atoms with Crippen LogP contribution >= 0.6 is 7.60 Å². The summed E-state index contributed by atoms with van der Waals surface area (Å²) < 4.78 is 69.7. The molecule has 48 heavy (non-hydrogen) atoms. The minimum Gasteiger partial charge on any atom is -0.490 e. The number of benzene rings is 1. The van der Waals surface area contributed by atoms with E-state index in [1.54, 1.807) is 19.1 Å². The Hall–Kier alpha value is -1.15. The second-order valence-corrected chi connectivity index (χ2v) is 13.3. The van der Waals surface area contributed by atoms with Crippen molar-refractivity contribution in [2.45, 2.75) is 77.7 Å². The van der Waals surface area contributed by atoms with Gasteiger partial charge in [0.15, 0.2) is 0 Å². The Kier molecular flexibility index (Phi) is 26.5. The fraction of sp³-hybridized carbons (Fsp3) is 0.829. The number of ether oxygens (including phenoxy) is 9. The van der Waals surface area contributed by atoms with Gasteiger partial charge >= 0.3 is 7.60 Å². The summed E-state index contributed by atoms with van der Waals surface area (Å²) in [5, 5.41) is 0.169. The van der Waals surface area contributed by atoms with Gasteiger partial charge in [0.25, 0.3) is 0 Å². The Morgan fingerprint density at radius 2 is 1.15 bits per heavy atom. The average molecular weight is 707 g/mol. The van der Waals surface area contributed by atoms with Crippen LogP contribution in [0.5, 0.6) is 5.75 Å². The van der Waals surface area contributed by atoms with E-state index in [1.807, 2.05) is 6.07 Å². The molecule has 280 valence electrons. The molecule has 0 spiro atoms. The molecule has 1 heterocycles. The molecule has 0 saturated carbocycles. The maximum absolute atomic E-state index is 13.2. The smallest absolute Gasteiger partial charge is 0.362 e. The molecule has 1 aliphatic rings. The van der Waals surface area contributed by atoms with Gasteiger partial charge in [-0.1, -0.05) is 57.9 Å². The second-order valence-electron chi connectivity index (χ2n) is 11.5. The topological polar surface area (TPSA) is 130 Å². The van der Waals surface area contributed by atoms with Gasteiger partial charge in [-0.15, -0.1) is 0 Å². The number of rotatable bonds is 15. The van der Waals surface area contributed by atoms with E-state index in [0.29, 0.717) is 98.2 Å². The average Bonchev–Trinajstić information content (AvgIpc) is 3.08. The van der Waals surface area contributed by atoms with Crippen LogP contribution in [0.1, 0.15) is 70.8 Å². The Balaban J connectivity index is 1.92. The minimum absolute atomic E-state index is 0.108. The second kappa shape index (κ2) is 29.6. The summed E-state index contributed by atoms with van der Waals surface area (Å²) in [7, 11) is -4.09. The van der Waals surface area contributed by atoms with Crippen molar-refractivity contribution >= 4 is 12.9 Å². The zero-order valence-electron chi connectivity index (χ0n) is 29.6. The van der Waals surface area contributed by atoms with Gasteiger partial charge in [0.05, 0.1) is 106 Å². The first-order chi connectivity index (χ1) is 23.6. The van der Waals surface area contributed by atoms with Crippen molar-refractivity contribution in [1.82, 2.24) is 0 Å². The van der Waals surface area contributed by atoms with E-state index >= 15 is 0 Å². The molecular weight excluding hydrogens is 643 g/mol. The first-order valence-electron chi connectivity index (χ1n) is 18.0. The molecule has 1 saturated heterocycles. The van der Waals surface area contributed by atoms with Crippen LogP contribution in [0.2, 0.25) is 0 Å². The Morgan fingerprint density at radius 3 is 1.67 bits per heavy atom. The molecule has 2 rings (SSSR count). The molecule has 1 aromatic rings. The van der Waals surface area contributed by atoms with Crippen molar-refractivity contribution in [3.8, 4) is 5.75 Å². The molecule has 0 radical (unpaired) electrons. The van der Waals surface area contributed by atoms with Crippen molar-refractivity contribution in [3.05, 3.63) is 23.8 Å². The van der Waals surface area contributed by atoms with E-state index in [9.17, 15) is 9.46 Å². The van der Waals surface area contributed by atoms with Crippen LogP contribution < -0.4 is 10.0 Å². The maximum atomic E-state index is 13.2. The predicted octanol–water partition coefficient (Wildman–Crippen LogP) is 5.11. The van der Waals surface area contributed by atoms with Gasteiger partial charge in [0.1, 0.15) is 23.8 Å². The van der Waals surface area contributed by atoms with Gasteiger partial charge in [-0.2, -0.15) is 0 Å². The van der Waals surface area contributed by atoms with Crippen LogP contribution in [-0.4, -0.2) is 123 Å². The van der Waals surface area contributed by atoms with Crippen LogP contribution in [-0.2, 0) is 53.4 Å². The summed E-state index contributed by atoms with van der Waals surface area (Å²) >= 11 is 0. The summed E-state index contributed by atoms with van der Waals surface area (Å²) in [4.78, 5) is 10.8. The summed E-state index contributed by atoms with van der Waals surface area (Å²) in [5.41, 5.74) is 0.990. The molecule has 1 fully saturated rings. The van der Waals surface area contributed by atoms with Crippen LogP contribution in [0.3, 0.4) is 0 Å². The molecule has 0 aliphatic carbocycles. The van der Waals surface area contributed by atoms with Gasteiger partial charge in [-0.25, -0.2) is 0 Å². The largest absolute Gasteiger partial charge is 0.490 e. The zero-order chi connectivity index (χ0) is 34.4. The van der Waals surface area contributed by atoms with Gasteiger partial charge in [0.2, 0.25) is 0 Å². The molecule has 2 atom stereocenters. The quantitative estimate of drug-likeness (QED) is 0.192. The van der Waals surface area contributed by atoms with E-state index < -0.39 is 13.7 Å². The molecule has 0 amide bonds. The SMILES string of the molecule is CCCCCCCCCCc1ccc(OCC2COCCOCCOCCOCCOCCOCCOCCO2)c(P(=O)(O)OCC)c1. The predicted molar refractivity (Wildman–Crippen MR) is 185 cm³/mol. The van der Waals surface area contributed by atoms with E-state index in [-0.39, 0.29) is 25.1 Å². The zero-order valence-corrected chi connectivity index (χ0v) is 30.5. The van der Waals surface area contributed by atoms with E-state index in [2.05, 4.69) is 6.92 Å². The molecule has 0 aromatic heterocycles. The Morgan fingerprint density at radius 1 is 0.667 bits per heavy atom. The highest BCUT2D eigenvalue weighted by Gasteiger charge is 2.28. The molecule has 0 bridgehead atoms. The van der Waals surface area contributed by atoms with Crippen LogP contribution in [0.25, 0.3) is 0 Å². The molecule has 13 heteroatoms. The van der Waals surface area contributed by atoms with Crippen molar-refractivity contribution in [1.29, 1.82) is 0 Å². The lowest BCUT2D eigenvalue weighted by Crippen LogP contribution is -2.30.